The Hall–Kier alpha value is -3.01. The van der Waals surface area contributed by atoms with Gasteiger partial charge in [0.25, 0.3) is 6.29 Å². The minimum atomic E-state index is -1.51. The van der Waals surface area contributed by atoms with Crippen molar-refractivity contribution in [2.75, 3.05) is 47.5 Å². The summed E-state index contributed by atoms with van der Waals surface area (Å²) in [5, 5.41) is 9.78. The van der Waals surface area contributed by atoms with Gasteiger partial charge in [-0.25, -0.2) is 4.79 Å². The maximum atomic E-state index is 13.0. The van der Waals surface area contributed by atoms with Gasteiger partial charge in [-0.05, 0) is 77.0 Å². The molecule has 0 rings (SSSR count). The number of carbonyl (C=O) groups is 3. The van der Waals surface area contributed by atoms with Crippen LogP contribution in [0.25, 0.3) is 0 Å². The van der Waals surface area contributed by atoms with Crippen molar-refractivity contribution in [1.82, 2.24) is 0 Å². The van der Waals surface area contributed by atoms with Gasteiger partial charge in [-0.1, -0.05) is 396 Å². The molecule has 2 atom stereocenters. The monoisotopic (exact) mass is 1360 g/mol. The highest BCUT2D eigenvalue weighted by molar-refractivity contribution is 5.71. The summed E-state index contributed by atoms with van der Waals surface area (Å²) in [6, 6.07) is 0. The third-order valence-electron chi connectivity index (χ3n) is 19.3. The Labute approximate surface area is 603 Å². The van der Waals surface area contributed by atoms with Gasteiger partial charge in [0.05, 0.1) is 34.4 Å². The molecule has 2 unspecified atom stereocenters. The van der Waals surface area contributed by atoms with Crippen LogP contribution in [0, 0.1) is 0 Å². The van der Waals surface area contributed by atoms with E-state index in [4.69, 9.17) is 18.9 Å². The van der Waals surface area contributed by atoms with Crippen LogP contribution in [0.1, 0.15) is 425 Å². The molecule has 0 heterocycles. The average molecular weight is 1360 g/mol. The lowest BCUT2D eigenvalue weighted by Gasteiger charge is -2.25. The molecule has 0 radical (unpaired) electrons. The summed E-state index contributed by atoms with van der Waals surface area (Å²) in [5.41, 5.74) is 0. The minimum Gasteiger partial charge on any atom is -0.477 e. The summed E-state index contributed by atoms with van der Waals surface area (Å²) < 4.78 is 23.1. The van der Waals surface area contributed by atoms with E-state index in [9.17, 15) is 19.5 Å². The van der Waals surface area contributed by atoms with E-state index in [1.807, 2.05) is 21.1 Å². The Morgan fingerprint density at radius 3 is 0.887 bits per heavy atom. The van der Waals surface area contributed by atoms with Crippen molar-refractivity contribution in [3.8, 4) is 0 Å². The van der Waals surface area contributed by atoms with Crippen LogP contribution < -0.4 is 0 Å². The third kappa shape index (κ3) is 80.2. The highest BCUT2D eigenvalue weighted by Gasteiger charge is 2.25. The molecule has 9 nitrogen and oxygen atoms in total. The number of allylic oxidation sites excluding steroid dienone is 10. The average Bonchev–Trinajstić information content (AvgIpc) is 3.74. The molecule has 97 heavy (non-hydrogen) atoms. The highest BCUT2D eigenvalue weighted by Crippen LogP contribution is 2.20. The van der Waals surface area contributed by atoms with Gasteiger partial charge in [0.1, 0.15) is 13.2 Å². The second-order valence-corrected chi connectivity index (χ2v) is 30.1. The van der Waals surface area contributed by atoms with Gasteiger partial charge in [-0.15, -0.1) is 0 Å². The van der Waals surface area contributed by atoms with Crippen LogP contribution >= 0.6 is 0 Å². The molecule has 0 aromatic heterocycles. The van der Waals surface area contributed by atoms with Gasteiger partial charge in [0, 0.05) is 12.8 Å². The van der Waals surface area contributed by atoms with E-state index in [2.05, 4.69) is 74.6 Å². The molecule has 0 saturated heterocycles. The molecule has 0 aliphatic carbocycles. The van der Waals surface area contributed by atoms with Crippen LogP contribution in [-0.4, -0.2) is 87.4 Å². The number of carboxylic acids is 1. The Kier molecular flexibility index (Phi) is 76.3. The Bertz CT molecular complexity index is 1780. The number of esters is 2. The number of likely N-dealkylation sites (N-methyl/N-ethyl adjacent to an activating group) is 1. The first kappa shape index (κ1) is 94.0. The van der Waals surface area contributed by atoms with Gasteiger partial charge in [0.2, 0.25) is 0 Å². The molecule has 0 fully saturated rings. The summed E-state index contributed by atoms with van der Waals surface area (Å²) in [4.78, 5) is 37.8. The minimum absolute atomic E-state index is 0.176. The molecule has 9 heteroatoms. The Morgan fingerprint density at radius 2 is 0.588 bits per heavy atom. The molecule has 0 amide bonds. The zero-order chi connectivity index (χ0) is 70.4. The molecule has 1 N–H and O–H groups in total. The zero-order valence-electron chi connectivity index (χ0n) is 65.3. The van der Waals surface area contributed by atoms with Gasteiger partial charge >= 0.3 is 17.9 Å². The van der Waals surface area contributed by atoms with E-state index in [1.54, 1.807) is 0 Å². The van der Waals surface area contributed by atoms with Crippen LogP contribution in [0.3, 0.4) is 0 Å². The fourth-order valence-corrected chi connectivity index (χ4v) is 12.8. The third-order valence-corrected chi connectivity index (χ3v) is 19.3. The molecule has 0 spiro atoms. The molecule has 0 bridgehead atoms. The number of aliphatic carboxylic acids is 1. The normalized spacial score (nSPS) is 12.9. The Balaban J connectivity index is 3.93. The zero-order valence-corrected chi connectivity index (χ0v) is 65.3. The number of quaternary nitrogens is 1. The topological polar surface area (TPSA) is 108 Å². The van der Waals surface area contributed by atoms with Crippen molar-refractivity contribution in [2.24, 2.45) is 0 Å². The molecule has 568 valence electrons. The van der Waals surface area contributed by atoms with E-state index in [0.29, 0.717) is 17.4 Å². The van der Waals surface area contributed by atoms with Crippen molar-refractivity contribution in [1.29, 1.82) is 0 Å². The molecule has 0 aliphatic heterocycles. The van der Waals surface area contributed by atoms with Crippen LogP contribution in [0.15, 0.2) is 60.8 Å². The van der Waals surface area contributed by atoms with E-state index in [0.717, 1.165) is 64.2 Å². The van der Waals surface area contributed by atoms with Gasteiger partial charge in [-0.3, -0.25) is 9.59 Å². The fourth-order valence-electron chi connectivity index (χ4n) is 12.8. The first-order valence-electron chi connectivity index (χ1n) is 42.5. The standard InChI is InChI=1S/C88H163NO8/c1-6-8-10-12-14-16-18-20-22-24-26-28-30-32-34-36-38-40-42-43-45-46-48-50-52-54-56-58-60-62-64-66-68-70-72-74-76-78-85(90)95-82-84(83-96-88(87(92)93)94-81-80-89(3,4)5)97-86(91)79-77-75-73-71-69-67-65-63-61-59-57-55-53-51-49-47-44-41-39-37-35-33-31-29-27-25-23-21-19-17-15-13-11-9-7-2/h9,11,15,17,21,23-24,26-27,29,84,88H,6-8,10,12-14,16,18-20,22,25,28,30-83H2,1-5H3/p+1/b11-9-,17-15-,23-21-,26-24-,29-27-. The lowest BCUT2D eigenvalue weighted by Crippen LogP contribution is -2.40. The SMILES string of the molecule is CC/C=C\C/C=C\C/C=C\C/C=C\CCCCCCCCCCCCCCCCCCCCCCCCC(=O)OC(COC(=O)CCCCCCCCCCCCCCCCCCCCCCCCCCC/C=C\CCCCCCCCCC)COC(OCC[N+](C)(C)C)C(=O)O. The van der Waals surface area contributed by atoms with E-state index in [-0.39, 0.29) is 38.2 Å². The lowest BCUT2D eigenvalue weighted by molar-refractivity contribution is -0.870. The van der Waals surface area contributed by atoms with E-state index >= 15 is 0 Å². The summed E-state index contributed by atoms with van der Waals surface area (Å²) >= 11 is 0. The second-order valence-electron chi connectivity index (χ2n) is 30.1. The number of carboxylic acid groups (broad SMARTS) is 1. The predicted molar refractivity (Wildman–Crippen MR) is 420 cm³/mol. The van der Waals surface area contributed by atoms with Crippen LogP contribution in [0.5, 0.6) is 0 Å². The summed E-state index contributed by atoms with van der Waals surface area (Å²) in [7, 11) is 6.00. The number of rotatable bonds is 80. The molecular weight excluding hydrogens is 1200 g/mol. The first-order chi connectivity index (χ1) is 47.6. The van der Waals surface area contributed by atoms with Crippen molar-refractivity contribution >= 4 is 17.9 Å². The second kappa shape index (κ2) is 78.7. The maximum absolute atomic E-state index is 13.0. The van der Waals surface area contributed by atoms with Gasteiger partial charge in [-0.2, -0.15) is 0 Å². The Morgan fingerprint density at radius 1 is 0.320 bits per heavy atom. The van der Waals surface area contributed by atoms with Crippen molar-refractivity contribution in [3.05, 3.63) is 60.8 Å². The number of ether oxygens (including phenoxy) is 4. The summed E-state index contributed by atoms with van der Waals surface area (Å²) in [5.74, 6) is -1.97. The maximum Gasteiger partial charge on any atom is 0.361 e. The van der Waals surface area contributed by atoms with Crippen LogP contribution in [0.2, 0.25) is 0 Å². The summed E-state index contributed by atoms with van der Waals surface area (Å²) in [6.45, 7) is 4.84. The van der Waals surface area contributed by atoms with Crippen molar-refractivity contribution in [2.45, 2.75) is 437 Å². The molecule has 0 aliphatic rings. The van der Waals surface area contributed by atoms with Crippen LogP contribution in [0.4, 0.5) is 0 Å². The quantitative estimate of drug-likeness (QED) is 0.0211. The number of unbranched alkanes of at least 4 members (excludes halogenated alkanes) is 55. The summed E-state index contributed by atoms with van der Waals surface area (Å²) in [6.07, 6.45) is 103. The lowest BCUT2D eigenvalue weighted by atomic mass is 10.0. The first-order valence-corrected chi connectivity index (χ1v) is 42.5. The smallest absolute Gasteiger partial charge is 0.361 e. The molecule has 0 aromatic carbocycles. The van der Waals surface area contributed by atoms with Crippen molar-refractivity contribution < 1.29 is 42.9 Å². The van der Waals surface area contributed by atoms with Gasteiger partial charge < -0.3 is 28.5 Å². The largest absolute Gasteiger partial charge is 0.477 e. The highest BCUT2D eigenvalue weighted by atomic mass is 16.7. The van der Waals surface area contributed by atoms with Gasteiger partial charge in [0.15, 0.2) is 6.10 Å². The predicted octanol–water partition coefficient (Wildman–Crippen LogP) is 27.4. The molecular formula is C88H164NO8+. The number of nitrogens with zero attached hydrogens (tertiary/aromatic N) is 1. The number of hydrogen-bond acceptors (Lipinski definition) is 7. The molecule has 0 saturated carbocycles. The number of carbonyl (C=O) groups excluding carboxylic acids is 2. The fraction of sp³-hybridized carbons (Fsp3) is 0.852. The van der Waals surface area contributed by atoms with Crippen LogP contribution in [-0.2, 0) is 33.3 Å². The van der Waals surface area contributed by atoms with E-state index in [1.165, 1.54) is 334 Å². The number of hydrogen-bond donors (Lipinski definition) is 1. The van der Waals surface area contributed by atoms with Crippen molar-refractivity contribution in [3.63, 3.8) is 0 Å². The van der Waals surface area contributed by atoms with E-state index < -0.39 is 18.4 Å². The molecule has 0 aromatic rings.